The Balaban J connectivity index is 0.00000162. The van der Waals surface area contributed by atoms with E-state index >= 15 is 0 Å². The molecule has 1 fully saturated rings. The topological polar surface area (TPSA) is 67.2 Å². The molecule has 0 bridgehead atoms. The summed E-state index contributed by atoms with van der Waals surface area (Å²) in [7, 11) is 0. The van der Waals surface area contributed by atoms with Crippen LogP contribution in [0.2, 0.25) is 5.02 Å². The average molecular weight is 337 g/mol. The van der Waals surface area contributed by atoms with Gasteiger partial charge in [-0.3, -0.25) is 10.1 Å². The highest BCUT2D eigenvalue weighted by Gasteiger charge is 2.19. The Hall–Kier alpha value is -0.850. The summed E-state index contributed by atoms with van der Waals surface area (Å²) >= 11 is 5.76. The van der Waals surface area contributed by atoms with Crippen molar-refractivity contribution in [3.63, 3.8) is 0 Å². The number of rotatable bonds is 3. The van der Waals surface area contributed by atoms with E-state index in [-0.39, 0.29) is 28.7 Å². The Kier molecular flexibility index (Phi) is 5.84. The van der Waals surface area contributed by atoms with E-state index in [1.165, 1.54) is 6.07 Å². The van der Waals surface area contributed by atoms with Crippen LogP contribution in [0.25, 0.3) is 0 Å². The van der Waals surface area contributed by atoms with Gasteiger partial charge in [-0.25, -0.2) is 0 Å². The van der Waals surface area contributed by atoms with Crippen molar-refractivity contribution in [2.45, 2.75) is 18.9 Å². The molecule has 2 N–H and O–H groups in total. The first-order valence-electron chi connectivity index (χ1n) is 5.58. The number of nitro groups is 1. The van der Waals surface area contributed by atoms with Crippen molar-refractivity contribution in [3.8, 4) is 0 Å². The second-order valence-electron chi connectivity index (χ2n) is 4.09. The smallest absolute Gasteiger partial charge is 0.293 e. The summed E-state index contributed by atoms with van der Waals surface area (Å²) < 4.78 is 0. The van der Waals surface area contributed by atoms with Crippen LogP contribution >= 0.6 is 28.6 Å². The Bertz CT molecular complexity index is 425. The third kappa shape index (κ3) is 3.83. The molecule has 0 spiro atoms. The van der Waals surface area contributed by atoms with E-state index in [9.17, 15) is 10.1 Å². The highest BCUT2D eigenvalue weighted by molar-refractivity contribution is 8.93. The van der Waals surface area contributed by atoms with Crippen LogP contribution in [-0.2, 0) is 0 Å². The first kappa shape index (κ1) is 15.2. The van der Waals surface area contributed by atoms with Crippen molar-refractivity contribution in [2.24, 2.45) is 0 Å². The zero-order valence-electron chi connectivity index (χ0n) is 9.69. The monoisotopic (exact) mass is 335 g/mol. The van der Waals surface area contributed by atoms with Crippen molar-refractivity contribution in [3.05, 3.63) is 33.3 Å². The second kappa shape index (κ2) is 6.92. The summed E-state index contributed by atoms with van der Waals surface area (Å²) in [4.78, 5) is 10.5. The summed E-state index contributed by atoms with van der Waals surface area (Å²) in [5, 5.41) is 17.8. The largest absolute Gasteiger partial charge is 0.377 e. The van der Waals surface area contributed by atoms with E-state index in [1.807, 2.05) is 0 Å². The van der Waals surface area contributed by atoms with Gasteiger partial charge in [0, 0.05) is 17.1 Å². The quantitative estimate of drug-likeness (QED) is 0.658. The van der Waals surface area contributed by atoms with Crippen LogP contribution in [0.15, 0.2) is 18.2 Å². The molecule has 1 heterocycles. The van der Waals surface area contributed by atoms with E-state index in [2.05, 4.69) is 10.6 Å². The van der Waals surface area contributed by atoms with E-state index in [0.29, 0.717) is 10.7 Å². The fraction of sp³-hybridized carbons (Fsp3) is 0.455. The predicted molar refractivity (Wildman–Crippen MR) is 77.9 cm³/mol. The van der Waals surface area contributed by atoms with Gasteiger partial charge in [0.2, 0.25) is 0 Å². The number of benzene rings is 1. The predicted octanol–water partition coefficient (Wildman–Crippen LogP) is 2.99. The molecule has 0 amide bonds. The first-order valence-corrected chi connectivity index (χ1v) is 5.96. The maximum absolute atomic E-state index is 10.9. The van der Waals surface area contributed by atoms with Gasteiger partial charge >= 0.3 is 0 Å². The van der Waals surface area contributed by atoms with Gasteiger partial charge in [0.1, 0.15) is 5.69 Å². The number of nitrogens with zero attached hydrogens (tertiary/aromatic N) is 1. The molecular weight excluding hydrogens is 321 g/mol. The number of nitrogens with one attached hydrogen (secondary N) is 2. The average Bonchev–Trinajstić information content (AvgIpc) is 2.32. The number of halogens is 2. The molecule has 100 valence electrons. The van der Waals surface area contributed by atoms with Crippen molar-refractivity contribution in [1.29, 1.82) is 0 Å². The Morgan fingerprint density at radius 2 is 2.06 bits per heavy atom. The third-order valence-electron chi connectivity index (χ3n) is 2.86. The zero-order valence-corrected chi connectivity index (χ0v) is 12.2. The number of hydrogen-bond donors (Lipinski definition) is 2. The molecule has 0 atom stereocenters. The highest BCUT2D eigenvalue weighted by atomic mass is 79.9. The van der Waals surface area contributed by atoms with Gasteiger partial charge in [-0.05, 0) is 38.1 Å². The molecule has 0 saturated carbocycles. The van der Waals surface area contributed by atoms with Crippen LogP contribution in [0, 0.1) is 10.1 Å². The lowest BCUT2D eigenvalue weighted by Gasteiger charge is -2.24. The van der Waals surface area contributed by atoms with Crippen LogP contribution < -0.4 is 10.6 Å². The molecule has 1 aromatic carbocycles. The number of anilines is 1. The van der Waals surface area contributed by atoms with Crippen LogP contribution in [0.3, 0.4) is 0 Å². The lowest BCUT2D eigenvalue weighted by atomic mass is 10.1. The van der Waals surface area contributed by atoms with Gasteiger partial charge in [-0.15, -0.1) is 17.0 Å². The van der Waals surface area contributed by atoms with Crippen LogP contribution in [-0.4, -0.2) is 24.1 Å². The van der Waals surface area contributed by atoms with E-state index in [0.717, 1.165) is 25.9 Å². The Morgan fingerprint density at radius 3 is 2.67 bits per heavy atom. The van der Waals surface area contributed by atoms with Crippen LogP contribution in [0.1, 0.15) is 12.8 Å². The van der Waals surface area contributed by atoms with E-state index in [4.69, 9.17) is 11.6 Å². The van der Waals surface area contributed by atoms with Gasteiger partial charge in [-0.1, -0.05) is 11.6 Å². The summed E-state index contributed by atoms with van der Waals surface area (Å²) in [5.74, 6) is 0. The molecular formula is C11H15BrClN3O2. The second-order valence-corrected chi connectivity index (χ2v) is 4.52. The highest BCUT2D eigenvalue weighted by Crippen LogP contribution is 2.29. The number of hydrogen-bond acceptors (Lipinski definition) is 4. The van der Waals surface area contributed by atoms with Gasteiger partial charge in [0.25, 0.3) is 5.69 Å². The van der Waals surface area contributed by atoms with Crippen LogP contribution in [0.5, 0.6) is 0 Å². The molecule has 1 saturated heterocycles. The minimum Gasteiger partial charge on any atom is -0.377 e. The molecule has 0 aromatic heterocycles. The minimum absolute atomic E-state index is 0. The molecule has 5 nitrogen and oxygen atoms in total. The molecule has 7 heteroatoms. The number of piperidine rings is 1. The van der Waals surface area contributed by atoms with Crippen molar-refractivity contribution in [1.82, 2.24) is 5.32 Å². The molecule has 0 unspecified atom stereocenters. The molecule has 2 rings (SSSR count). The molecule has 0 aliphatic carbocycles. The summed E-state index contributed by atoms with van der Waals surface area (Å²) in [6.45, 7) is 1.89. The third-order valence-corrected chi connectivity index (χ3v) is 3.09. The van der Waals surface area contributed by atoms with Gasteiger partial charge in [-0.2, -0.15) is 0 Å². The molecule has 1 aromatic rings. The van der Waals surface area contributed by atoms with E-state index < -0.39 is 4.92 Å². The Labute approximate surface area is 121 Å². The van der Waals surface area contributed by atoms with E-state index in [1.54, 1.807) is 12.1 Å². The standard InChI is InChI=1S/C11H14ClN3O2.BrH/c12-8-1-2-10(11(7-8)15(16)17)14-9-3-5-13-6-4-9;/h1-2,7,9,13-14H,3-6H2;1H. The summed E-state index contributed by atoms with van der Waals surface area (Å²) in [6, 6.07) is 5.00. The Morgan fingerprint density at radius 1 is 1.39 bits per heavy atom. The fourth-order valence-corrected chi connectivity index (χ4v) is 2.13. The first-order chi connectivity index (χ1) is 8.16. The number of nitro benzene ring substituents is 1. The zero-order chi connectivity index (χ0) is 12.3. The lowest BCUT2D eigenvalue weighted by Crippen LogP contribution is -2.35. The maximum atomic E-state index is 10.9. The molecule has 0 radical (unpaired) electrons. The SMILES string of the molecule is Br.O=[N+]([O-])c1cc(Cl)ccc1NC1CCNCC1. The van der Waals surface area contributed by atoms with Crippen LogP contribution in [0.4, 0.5) is 11.4 Å². The fourth-order valence-electron chi connectivity index (χ4n) is 1.96. The van der Waals surface area contributed by atoms with Gasteiger partial charge < -0.3 is 10.6 Å². The van der Waals surface area contributed by atoms with Gasteiger partial charge in [0.15, 0.2) is 0 Å². The van der Waals surface area contributed by atoms with Crippen molar-refractivity contribution >= 4 is 40.0 Å². The van der Waals surface area contributed by atoms with Crippen molar-refractivity contribution < 1.29 is 4.92 Å². The lowest BCUT2D eigenvalue weighted by molar-refractivity contribution is -0.384. The van der Waals surface area contributed by atoms with Crippen molar-refractivity contribution in [2.75, 3.05) is 18.4 Å². The van der Waals surface area contributed by atoms with Gasteiger partial charge in [0.05, 0.1) is 4.92 Å². The molecule has 1 aliphatic heterocycles. The molecule has 1 aliphatic rings. The normalized spacial score (nSPS) is 15.8. The molecule has 18 heavy (non-hydrogen) atoms. The summed E-state index contributed by atoms with van der Waals surface area (Å²) in [6.07, 6.45) is 1.94. The minimum atomic E-state index is -0.407. The maximum Gasteiger partial charge on any atom is 0.293 e. The summed E-state index contributed by atoms with van der Waals surface area (Å²) in [5.41, 5.74) is 0.585.